The van der Waals surface area contributed by atoms with Crippen LogP contribution in [0.5, 0.6) is 0 Å². The van der Waals surface area contributed by atoms with E-state index in [2.05, 4.69) is 20.8 Å². The van der Waals surface area contributed by atoms with Crippen LogP contribution in [-0.4, -0.2) is 19.9 Å². The molecule has 0 aromatic heterocycles. The third kappa shape index (κ3) is 2.58. The highest BCUT2D eigenvalue weighted by atomic mass is 31.2. The maximum absolute atomic E-state index is 11.3. The Bertz CT molecular complexity index is 195. The predicted octanol–water partition coefficient (Wildman–Crippen LogP) is 2.52. The Kier molecular flexibility index (Phi) is 2.67. The molecule has 0 unspecified atom stereocenters. The normalized spacial score (nSPS) is 38.2. The van der Waals surface area contributed by atoms with E-state index in [1.165, 1.54) is 6.66 Å². The van der Waals surface area contributed by atoms with Gasteiger partial charge in [0.25, 0.3) is 0 Å². The van der Waals surface area contributed by atoms with Crippen molar-refractivity contribution in [3.8, 4) is 0 Å². The van der Waals surface area contributed by atoms with E-state index in [1.807, 2.05) is 0 Å². The number of hydrogen-bond acceptors (Lipinski definition) is 3. The zero-order chi connectivity index (χ0) is 9.41. The van der Waals surface area contributed by atoms with Gasteiger partial charge in [0.15, 0.2) is 0 Å². The average Bonchev–Trinajstić information content (AvgIpc) is 1.83. The molecule has 4 heteroatoms. The third-order valence-electron chi connectivity index (χ3n) is 2.25. The van der Waals surface area contributed by atoms with Gasteiger partial charge in [-0.25, -0.2) is 0 Å². The summed E-state index contributed by atoms with van der Waals surface area (Å²) in [5.41, 5.74) is 0.167. The van der Waals surface area contributed by atoms with Crippen LogP contribution in [0, 0.1) is 11.3 Å². The maximum atomic E-state index is 11.3. The fraction of sp³-hybridized carbons (Fsp3) is 1.00. The maximum Gasteiger partial charge on any atom is 0.327 e. The second kappa shape index (κ2) is 3.13. The molecule has 1 heterocycles. The van der Waals surface area contributed by atoms with Crippen molar-refractivity contribution >= 4 is 7.60 Å². The minimum atomic E-state index is -2.69. The molecule has 0 amide bonds. The van der Waals surface area contributed by atoms with E-state index in [1.54, 1.807) is 0 Å². The van der Waals surface area contributed by atoms with Gasteiger partial charge in [-0.15, -0.1) is 0 Å². The highest BCUT2D eigenvalue weighted by Crippen LogP contribution is 2.49. The zero-order valence-electron chi connectivity index (χ0n) is 8.16. The van der Waals surface area contributed by atoms with Gasteiger partial charge in [0, 0.05) is 12.6 Å². The summed E-state index contributed by atoms with van der Waals surface area (Å²) in [6.45, 7) is 9.03. The molecule has 0 N–H and O–H groups in total. The minimum Gasteiger partial charge on any atom is -0.308 e. The summed E-state index contributed by atoms with van der Waals surface area (Å²) < 4.78 is 21.5. The van der Waals surface area contributed by atoms with E-state index in [9.17, 15) is 4.57 Å². The van der Waals surface area contributed by atoms with E-state index in [4.69, 9.17) is 9.05 Å². The molecule has 1 saturated heterocycles. The fourth-order valence-corrected chi connectivity index (χ4v) is 2.01. The first-order chi connectivity index (χ1) is 5.31. The Balaban J connectivity index is 2.53. The molecule has 12 heavy (non-hydrogen) atoms. The molecule has 0 aliphatic carbocycles. The van der Waals surface area contributed by atoms with Crippen molar-refractivity contribution in [2.24, 2.45) is 11.3 Å². The van der Waals surface area contributed by atoms with Crippen LogP contribution in [0.2, 0.25) is 0 Å². The van der Waals surface area contributed by atoms with E-state index >= 15 is 0 Å². The molecular formula is C8H17O3P. The molecule has 1 rings (SSSR count). The van der Waals surface area contributed by atoms with Crippen LogP contribution >= 0.6 is 7.60 Å². The zero-order valence-corrected chi connectivity index (χ0v) is 9.06. The smallest absolute Gasteiger partial charge is 0.308 e. The molecule has 0 aromatic carbocycles. The minimum absolute atomic E-state index is 0.167. The van der Waals surface area contributed by atoms with E-state index in [0.29, 0.717) is 19.1 Å². The third-order valence-corrected chi connectivity index (χ3v) is 3.48. The quantitative estimate of drug-likeness (QED) is 0.553. The first kappa shape index (κ1) is 10.2. The Hall–Kier alpha value is 0.150. The summed E-state index contributed by atoms with van der Waals surface area (Å²) >= 11 is 0. The molecule has 0 atom stereocenters. The second-order valence-corrected chi connectivity index (χ2v) is 6.48. The van der Waals surface area contributed by atoms with Crippen molar-refractivity contribution in [2.45, 2.75) is 20.8 Å². The van der Waals surface area contributed by atoms with Gasteiger partial charge in [-0.1, -0.05) is 20.8 Å². The van der Waals surface area contributed by atoms with Gasteiger partial charge in [-0.05, 0) is 5.41 Å². The average molecular weight is 192 g/mol. The van der Waals surface area contributed by atoms with Crippen LogP contribution in [0.4, 0.5) is 0 Å². The van der Waals surface area contributed by atoms with Crippen LogP contribution in [0.15, 0.2) is 0 Å². The lowest BCUT2D eigenvalue weighted by Gasteiger charge is -2.35. The van der Waals surface area contributed by atoms with Crippen molar-refractivity contribution in [3.63, 3.8) is 0 Å². The largest absolute Gasteiger partial charge is 0.327 e. The molecule has 0 bridgehead atoms. The Morgan fingerprint density at radius 3 is 2.00 bits per heavy atom. The van der Waals surface area contributed by atoms with Crippen molar-refractivity contribution in [2.75, 3.05) is 19.9 Å². The lowest BCUT2D eigenvalue weighted by atomic mass is 9.82. The summed E-state index contributed by atoms with van der Waals surface area (Å²) in [4.78, 5) is 0. The summed E-state index contributed by atoms with van der Waals surface area (Å²) in [6.07, 6.45) is 0. The highest BCUT2D eigenvalue weighted by molar-refractivity contribution is 7.53. The topological polar surface area (TPSA) is 35.5 Å². The van der Waals surface area contributed by atoms with Crippen LogP contribution in [0.25, 0.3) is 0 Å². The molecule has 0 aromatic rings. The van der Waals surface area contributed by atoms with Gasteiger partial charge in [0.1, 0.15) is 0 Å². The van der Waals surface area contributed by atoms with Crippen LogP contribution in [-0.2, 0) is 13.6 Å². The van der Waals surface area contributed by atoms with Gasteiger partial charge < -0.3 is 9.05 Å². The van der Waals surface area contributed by atoms with Crippen molar-refractivity contribution in [3.05, 3.63) is 0 Å². The molecule has 72 valence electrons. The molecule has 1 aliphatic heterocycles. The van der Waals surface area contributed by atoms with Gasteiger partial charge in [0.2, 0.25) is 0 Å². The fourth-order valence-electron chi connectivity index (χ4n) is 1.04. The lowest BCUT2D eigenvalue weighted by Crippen LogP contribution is -2.32. The molecule has 0 spiro atoms. The molecule has 1 fully saturated rings. The first-order valence-electron chi connectivity index (χ1n) is 4.18. The van der Waals surface area contributed by atoms with Gasteiger partial charge in [-0.3, -0.25) is 4.57 Å². The first-order valence-corrected chi connectivity index (χ1v) is 6.17. The Morgan fingerprint density at radius 1 is 1.25 bits per heavy atom. The van der Waals surface area contributed by atoms with Crippen LogP contribution in [0.3, 0.4) is 0 Å². The van der Waals surface area contributed by atoms with E-state index in [0.717, 1.165) is 0 Å². The Morgan fingerprint density at radius 2 is 1.67 bits per heavy atom. The van der Waals surface area contributed by atoms with Gasteiger partial charge in [0.05, 0.1) is 13.2 Å². The van der Waals surface area contributed by atoms with E-state index < -0.39 is 7.60 Å². The molecule has 0 radical (unpaired) electrons. The summed E-state index contributed by atoms with van der Waals surface area (Å²) in [5, 5.41) is 0. The van der Waals surface area contributed by atoms with Crippen molar-refractivity contribution in [1.82, 2.24) is 0 Å². The van der Waals surface area contributed by atoms with Gasteiger partial charge >= 0.3 is 7.60 Å². The summed E-state index contributed by atoms with van der Waals surface area (Å²) in [5.74, 6) is 0.347. The predicted molar refractivity (Wildman–Crippen MR) is 48.4 cm³/mol. The van der Waals surface area contributed by atoms with Crippen LogP contribution in [0.1, 0.15) is 20.8 Å². The Labute approximate surface area is 74.0 Å². The molecule has 1 aliphatic rings. The summed E-state index contributed by atoms with van der Waals surface area (Å²) in [7, 11) is -2.69. The monoisotopic (exact) mass is 192 g/mol. The van der Waals surface area contributed by atoms with Crippen molar-refractivity contribution in [1.29, 1.82) is 0 Å². The number of hydrogen-bond donors (Lipinski definition) is 0. The SMILES string of the molecule is CC(C)(C)C1COP(C)(=O)OC1. The highest BCUT2D eigenvalue weighted by Gasteiger charge is 2.34. The summed E-state index contributed by atoms with van der Waals surface area (Å²) in [6, 6.07) is 0. The lowest BCUT2D eigenvalue weighted by molar-refractivity contribution is 0.0377. The molecule has 0 saturated carbocycles. The van der Waals surface area contributed by atoms with Gasteiger partial charge in [-0.2, -0.15) is 0 Å². The second-order valence-electron chi connectivity index (χ2n) is 4.43. The van der Waals surface area contributed by atoms with E-state index in [-0.39, 0.29) is 5.41 Å². The number of rotatable bonds is 0. The van der Waals surface area contributed by atoms with Crippen molar-refractivity contribution < 1.29 is 13.6 Å². The standard InChI is InChI=1S/C8H17O3P/c1-8(2,3)7-5-10-12(4,9)11-6-7/h7H,5-6H2,1-4H3. The molecular weight excluding hydrogens is 175 g/mol. The van der Waals surface area contributed by atoms with Crippen LogP contribution < -0.4 is 0 Å². The molecule has 3 nitrogen and oxygen atoms in total.